The number of aromatic amines is 1. The van der Waals surface area contributed by atoms with Crippen LogP contribution in [-0.4, -0.2) is 9.55 Å². The van der Waals surface area contributed by atoms with Gasteiger partial charge in [0.1, 0.15) is 5.82 Å². The first-order valence-electron chi connectivity index (χ1n) is 5.83. The van der Waals surface area contributed by atoms with Crippen LogP contribution in [0.1, 0.15) is 5.56 Å². The number of H-pyrrole nitrogens is 1. The average Bonchev–Trinajstić information content (AvgIpc) is 2.69. The number of benzene rings is 2. The van der Waals surface area contributed by atoms with E-state index in [1.54, 1.807) is 6.07 Å². The van der Waals surface area contributed by atoms with Crippen molar-refractivity contribution in [2.45, 2.75) is 6.92 Å². The van der Waals surface area contributed by atoms with Crippen molar-refractivity contribution >= 4 is 50.8 Å². The van der Waals surface area contributed by atoms with Gasteiger partial charge in [-0.15, -0.1) is 0 Å². The Morgan fingerprint density at radius 3 is 2.80 bits per heavy atom. The van der Waals surface area contributed by atoms with E-state index < -0.39 is 0 Å². The number of aromatic nitrogens is 2. The molecule has 0 atom stereocenters. The van der Waals surface area contributed by atoms with Gasteiger partial charge in [0.2, 0.25) is 0 Å². The van der Waals surface area contributed by atoms with Crippen molar-refractivity contribution in [3.63, 3.8) is 0 Å². The first-order valence-corrected chi connectivity index (χ1v) is 7.41. The number of hydrogen-bond acceptors (Lipinski definition) is 1. The van der Waals surface area contributed by atoms with Crippen molar-refractivity contribution in [2.24, 2.45) is 0 Å². The lowest BCUT2D eigenvalue weighted by Crippen LogP contribution is -1.96. The summed E-state index contributed by atoms with van der Waals surface area (Å²) >= 11 is 15.1. The van der Waals surface area contributed by atoms with Gasteiger partial charge in [0.05, 0.1) is 16.7 Å². The molecule has 3 aromatic rings. The number of hydrogen-bond donors (Lipinski definition) is 1. The van der Waals surface area contributed by atoms with Crippen LogP contribution in [0.25, 0.3) is 16.7 Å². The molecule has 1 heterocycles. The maximum absolute atomic E-state index is 13.3. The van der Waals surface area contributed by atoms with Crippen LogP contribution in [-0.2, 0) is 0 Å². The zero-order valence-electron chi connectivity index (χ0n) is 10.4. The smallest absolute Gasteiger partial charge is 0.182 e. The van der Waals surface area contributed by atoms with E-state index in [-0.39, 0.29) is 5.82 Å². The minimum atomic E-state index is -0.304. The van der Waals surface area contributed by atoms with Gasteiger partial charge in [0.25, 0.3) is 0 Å². The summed E-state index contributed by atoms with van der Waals surface area (Å²) in [6, 6.07) is 8.29. The normalized spacial score (nSPS) is 11.2. The Morgan fingerprint density at radius 2 is 2.05 bits per heavy atom. The number of nitrogens with one attached hydrogen (secondary N) is 1. The van der Waals surface area contributed by atoms with E-state index >= 15 is 0 Å². The van der Waals surface area contributed by atoms with Gasteiger partial charge in [0.15, 0.2) is 4.77 Å². The van der Waals surface area contributed by atoms with Crippen molar-refractivity contribution in [1.29, 1.82) is 0 Å². The third kappa shape index (κ3) is 2.20. The van der Waals surface area contributed by atoms with Gasteiger partial charge in [-0.25, -0.2) is 4.39 Å². The molecule has 0 aliphatic rings. The molecule has 0 fully saturated rings. The van der Waals surface area contributed by atoms with Crippen molar-refractivity contribution in [3.05, 3.63) is 56.0 Å². The third-order valence-electron chi connectivity index (χ3n) is 3.11. The second-order valence-electron chi connectivity index (χ2n) is 4.48. The van der Waals surface area contributed by atoms with Crippen LogP contribution in [0.4, 0.5) is 4.39 Å². The molecule has 0 aliphatic carbocycles. The van der Waals surface area contributed by atoms with Crippen molar-refractivity contribution in [3.8, 4) is 5.69 Å². The molecule has 20 heavy (non-hydrogen) atoms. The standard InChI is InChI=1S/C14H9BrClFN2S/c1-7-4-9(15)13(6-10(7)16)19-12-3-2-8(17)5-11(12)18-14(19)20/h2-6H,1H3,(H,18,20). The molecule has 1 aromatic heterocycles. The van der Waals surface area contributed by atoms with Gasteiger partial charge in [-0.2, -0.15) is 0 Å². The van der Waals surface area contributed by atoms with Crippen LogP contribution in [0.15, 0.2) is 34.8 Å². The molecule has 2 aromatic carbocycles. The van der Waals surface area contributed by atoms with Gasteiger partial charge >= 0.3 is 0 Å². The van der Waals surface area contributed by atoms with E-state index in [0.29, 0.717) is 15.3 Å². The molecule has 1 N–H and O–H groups in total. The third-order valence-corrected chi connectivity index (χ3v) is 4.44. The highest BCUT2D eigenvalue weighted by Gasteiger charge is 2.12. The van der Waals surface area contributed by atoms with Gasteiger partial charge in [-0.05, 0) is 71.0 Å². The number of aryl methyl sites for hydroxylation is 1. The van der Waals surface area contributed by atoms with Crippen LogP contribution in [0.3, 0.4) is 0 Å². The Bertz CT molecular complexity index is 885. The summed E-state index contributed by atoms with van der Waals surface area (Å²) in [5, 5.41) is 0.654. The van der Waals surface area contributed by atoms with Crippen LogP contribution in [0.2, 0.25) is 5.02 Å². The molecule has 0 bridgehead atoms. The fourth-order valence-corrected chi connectivity index (χ4v) is 3.23. The maximum Gasteiger partial charge on any atom is 0.182 e. The van der Waals surface area contributed by atoms with E-state index in [4.69, 9.17) is 23.8 Å². The molecule has 0 saturated heterocycles. The van der Waals surface area contributed by atoms with Gasteiger partial charge in [-0.1, -0.05) is 11.6 Å². The lowest BCUT2D eigenvalue weighted by atomic mass is 10.2. The Morgan fingerprint density at radius 1 is 1.30 bits per heavy atom. The first-order chi connectivity index (χ1) is 9.47. The SMILES string of the molecule is Cc1cc(Br)c(-n2c(=S)[nH]c3cc(F)ccc32)cc1Cl. The van der Waals surface area contributed by atoms with Crippen molar-refractivity contribution < 1.29 is 4.39 Å². The highest BCUT2D eigenvalue weighted by molar-refractivity contribution is 9.10. The molecule has 2 nitrogen and oxygen atoms in total. The molecule has 0 spiro atoms. The van der Waals surface area contributed by atoms with Gasteiger partial charge in [0, 0.05) is 9.50 Å². The summed E-state index contributed by atoms with van der Waals surface area (Å²) in [6.07, 6.45) is 0. The summed E-state index contributed by atoms with van der Waals surface area (Å²) in [5.74, 6) is -0.304. The van der Waals surface area contributed by atoms with Crippen LogP contribution in [0, 0.1) is 17.5 Å². The van der Waals surface area contributed by atoms with E-state index in [0.717, 1.165) is 21.2 Å². The Hall–Kier alpha value is -1.17. The summed E-state index contributed by atoms with van der Waals surface area (Å²) < 4.78 is 16.5. The quantitative estimate of drug-likeness (QED) is 0.556. The lowest BCUT2D eigenvalue weighted by Gasteiger charge is -2.09. The predicted octanol–water partition coefficient (Wildman–Crippen LogP) is 5.55. The second kappa shape index (κ2) is 4.98. The highest BCUT2D eigenvalue weighted by Crippen LogP contribution is 2.30. The molecule has 0 amide bonds. The molecule has 102 valence electrons. The number of rotatable bonds is 1. The maximum atomic E-state index is 13.3. The number of nitrogens with zero attached hydrogens (tertiary/aromatic N) is 1. The zero-order chi connectivity index (χ0) is 14.4. The predicted molar refractivity (Wildman–Crippen MR) is 85.9 cm³/mol. The average molecular weight is 372 g/mol. The van der Waals surface area contributed by atoms with Gasteiger partial charge in [-0.3, -0.25) is 4.57 Å². The topological polar surface area (TPSA) is 20.7 Å². The molecular weight excluding hydrogens is 363 g/mol. The number of imidazole rings is 1. The Labute approximate surface area is 133 Å². The van der Waals surface area contributed by atoms with E-state index in [1.807, 2.05) is 23.6 Å². The minimum Gasteiger partial charge on any atom is -0.330 e. The van der Waals surface area contributed by atoms with Crippen LogP contribution >= 0.6 is 39.7 Å². The largest absolute Gasteiger partial charge is 0.330 e. The molecule has 3 rings (SSSR count). The molecule has 6 heteroatoms. The van der Waals surface area contributed by atoms with Crippen molar-refractivity contribution in [2.75, 3.05) is 0 Å². The minimum absolute atomic E-state index is 0.304. The molecule has 0 saturated carbocycles. The monoisotopic (exact) mass is 370 g/mol. The van der Waals surface area contributed by atoms with Crippen LogP contribution in [0.5, 0.6) is 0 Å². The molecule has 0 unspecified atom stereocenters. The fraction of sp³-hybridized carbons (Fsp3) is 0.0714. The Balaban J connectivity index is 2.38. The number of halogens is 3. The van der Waals surface area contributed by atoms with Gasteiger partial charge < -0.3 is 4.98 Å². The molecular formula is C14H9BrClFN2S. The molecule has 0 radical (unpaired) electrons. The van der Waals surface area contributed by atoms with Crippen molar-refractivity contribution in [1.82, 2.24) is 9.55 Å². The fourth-order valence-electron chi connectivity index (χ4n) is 2.13. The zero-order valence-corrected chi connectivity index (χ0v) is 13.5. The summed E-state index contributed by atoms with van der Waals surface area (Å²) in [6.45, 7) is 1.93. The summed E-state index contributed by atoms with van der Waals surface area (Å²) in [4.78, 5) is 3.00. The van der Waals surface area contributed by atoms with E-state index in [1.165, 1.54) is 12.1 Å². The van der Waals surface area contributed by atoms with Crippen LogP contribution < -0.4 is 0 Å². The lowest BCUT2D eigenvalue weighted by molar-refractivity contribution is 0.629. The summed E-state index contributed by atoms with van der Waals surface area (Å²) in [5.41, 5.74) is 3.25. The second-order valence-corrected chi connectivity index (χ2v) is 6.13. The Kier molecular flexibility index (Phi) is 3.44. The van der Waals surface area contributed by atoms with E-state index in [2.05, 4.69) is 20.9 Å². The molecule has 0 aliphatic heterocycles. The highest BCUT2D eigenvalue weighted by atomic mass is 79.9. The number of fused-ring (bicyclic) bond motifs is 1. The van der Waals surface area contributed by atoms with E-state index in [9.17, 15) is 4.39 Å². The summed E-state index contributed by atoms with van der Waals surface area (Å²) in [7, 11) is 0. The first kappa shape index (κ1) is 13.8.